The summed E-state index contributed by atoms with van der Waals surface area (Å²) in [7, 11) is 1.58. The van der Waals surface area contributed by atoms with Crippen molar-refractivity contribution in [3.63, 3.8) is 0 Å². The van der Waals surface area contributed by atoms with Crippen LogP contribution in [0.2, 0.25) is 0 Å². The number of H-pyrrole nitrogens is 1. The number of fused-ring (bicyclic) bond motifs is 1. The molecule has 4 N–H and O–H groups in total. The molecule has 4 heterocycles. The molecule has 0 aliphatic carbocycles. The van der Waals surface area contributed by atoms with E-state index in [1.54, 1.807) is 19.4 Å². The van der Waals surface area contributed by atoms with Crippen molar-refractivity contribution in [2.24, 2.45) is 0 Å². The second-order valence-corrected chi connectivity index (χ2v) is 10.3. The van der Waals surface area contributed by atoms with E-state index in [1.165, 1.54) is 12.5 Å². The minimum atomic E-state index is -0.471. The lowest BCUT2D eigenvalue weighted by atomic mass is 10.0. The Kier molecular flexibility index (Phi) is 9.37. The highest BCUT2D eigenvalue weighted by Crippen LogP contribution is 2.31. The number of oxazole rings is 1. The first-order valence-corrected chi connectivity index (χ1v) is 14.3. The summed E-state index contributed by atoms with van der Waals surface area (Å²) < 4.78 is 10.7. The lowest BCUT2D eigenvalue weighted by Gasteiger charge is -2.18. The van der Waals surface area contributed by atoms with E-state index in [9.17, 15) is 9.59 Å². The number of Topliss-reactive ketones (excluding diaryl/α,β-unsaturated/α-hetero) is 1. The fourth-order valence-electron chi connectivity index (χ4n) is 5.03. The first-order chi connectivity index (χ1) is 20.5. The van der Waals surface area contributed by atoms with Gasteiger partial charge in [0, 0.05) is 24.0 Å². The Morgan fingerprint density at radius 2 is 2.07 bits per heavy atom. The number of benzene rings is 1. The van der Waals surface area contributed by atoms with Gasteiger partial charge in [-0.25, -0.2) is 15.0 Å². The largest absolute Gasteiger partial charge is 0.480 e. The summed E-state index contributed by atoms with van der Waals surface area (Å²) in [5.41, 5.74) is 3.09. The maximum atomic E-state index is 13.1. The highest BCUT2D eigenvalue weighted by Gasteiger charge is 2.22. The molecule has 1 atom stereocenters. The van der Waals surface area contributed by atoms with Gasteiger partial charge in [0.15, 0.2) is 0 Å². The van der Waals surface area contributed by atoms with Crippen LogP contribution >= 0.6 is 0 Å². The summed E-state index contributed by atoms with van der Waals surface area (Å²) in [6.07, 6.45) is 12.2. The molecule has 0 radical (unpaired) electrons. The van der Waals surface area contributed by atoms with E-state index in [-0.39, 0.29) is 17.4 Å². The van der Waals surface area contributed by atoms with Gasteiger partial charge in [-0.05, 0) is 50.3 Å². The summed E-state index contributed by atoms with van der Waals surface area (Å²) in [5, 5.41) is 15.6. The zero-order valence-electron chi connectivity index (χ0n) is 23.6. The van der Waals surface area contributed by atoms with Gasteiger partial charge in [-0.1, -0.05) is 31.0 Å². The Morgan fingerprint density at radius 3 is 2.86 bits per heavy atom. The quantitative estimate of drug-likeness (QED) is 0.0960. The molecule has 5 rings (SSSR count). The number of aromatic nitrogens is 4. The fourth-order valence-corrected chi connectivity index (χ4v) is 5.03. The Labute approximate surface area is 243 Å². The fraction of sp³-hybridized carbons (Fsp3) is 0.355. The van der Waals surface area contributed by atoms with Crippen LogP contribution in [0.3, 0.4) is 0 Å². The molecule has 1 amide bonds. The number of unbranched alkanes of at least 4 members (excludes halogenated alkanes) is 2. The standard InChI is InChI=1S/C31H35N7O4/c1-41-30-22(17-20-9-5-6-11-24(20)38-30)26-19-35-28(36-26)25(12-3-2-4-13-27(39)31-34-15-16-42-31)37-29(40)23(32)18-21-10-7-8-14-33-21/h5-6,9,11,15-19,25,32-33H,2-4,7-8,10,12-14H2,1H3,(H,35,36)(H,37,40)/b21-18-,32-23?. The lowest BCUT2D eigenvalue weighted by Crippen LogP contribution is -2.34. The monoisotopic (exact) mass is 569 g/mol. The molecule has 1 aliphatic rings. The van der Waals surface area contributed by atoms with Crippen LogP contribution < -0.4 is 15.4 Å². The molecule has 11 heteroatoms. The van der Waals surface area contributed by atoms with Crippen LogP contribution in [0.5, 0.6) is 5.88 Å². The van der Waals surface area contributed by atoms with Crippen molar-refractivity contribution >= 4 is 28.3 Å². The van der Waals surface area contributed by atoms with Gasteiger partial charge < -0.3 is 24.8 Å². The third-order valence-electron chi connectivity index (χ3n) is 7.26. The van der Waals surface area contributed by atoms with Crippen molar-refractivity contribution in [3.8, 4) is 17.1 Å². The molecular formula is C31H35N7O4. The number of imidazole rings is 1. The molecule has 1 unspecified atom stereocenters. The maximum absolute atomic E-state index is 13.1. The zero-order chi connectivity index (χ0) is 29.3. The van der Waals surface area contributed by atoms with Crippen molar-refractivity contribution in [3.05, 3.63) is 72.5 Å². The molecule has 0 saturated carbocycles. The highest BCUT2D eigenvalue weighted by atomic mass is 16.5. The van der Waals surface area contributed by atoms with Crippen LogP contribution in [-0.4, -0.2) is 51.0 Å². The van der Waals surface area contributed by atoms with Gasteiger partial charge in [-0.15, -0.1) is 0 Å². The van der Waals surface area contributed by atoms with Crippen molar-refractivity contribution in [1.29, 1.82) is 5.41 Å². The van der Waals surface area contributed by atoms with Crippen molar-refractivity contribution in [2.45, 2.75) is 57.4 Å². The van der Waals surface area contributed by atoms with E-state index in [1.807, 2.05) is 30.3 Å². The molecule has 1 aliphatic heterocycles. The van der Waals surface area contributed by atoms with Crippen molar-refractivity contribution < 1.29 is 18.7 Å². The minimum absolute atomic E-state index is 0.104. The van der Waals surface area contributed by atoms with E-state index in [2.05, 4.69) is 30.6 Å². The van der Waals surface area contributed by atoms with Gasteiger partial charge >= 0.3 is 0 Å². The minimum Gasteiger partial charge on any atom is -0.480 e. The van der Waals surface area contributed by atoms with Crippen LogP contribution in [0.4, 0.5) is 0 Å². The van der Waals surface area contributed by atoms with Crippen molar-refractivity contribution in [2.75, 3.05) is 13.7 Å². The Bertz CT molecular complexity index is 1570. The first-order valence-electron chi connectivity index (χ1n) is 14.3. The normalized spacial score (nSPS) is 14.8. The summed E-state index contributed by atoms with van der Waals surface area (Å²) in [4.78, 5) is 41.8. The number of hydrogen-bond donors (Lipinski definition) is 4. The predicted octanol–water partition coefficient (Wildman–Crippen LogP) is 5.29. The number of ketones is 1. The van der Waals surface area contributed by atoms with Crippen LogP contribution in [0.1, 0.15) is 73.9 Å². The van der Waals surface area contributed by atoms with Gasteiger partial charge in [0.2, 0.25) is 11.7 Å². The number of pyridine rings is 1. The molecule has 11 nitrogen and oxygen atoms in total. The summed E-state index contributed by atoms with van der Waals surface area (Å²) in [6.45, 7) is 0.851. The topological polar surface area (TPSA) is 159 Å². The SMILES string of the molecule is COc1nc2ccccc2cc1-c1cnc(C(CCCCCC(=O)c2ncco2)NC(=O)C(=N)/C=C2/CCCCN2)[nH]1. The van der Waals surface area contributed by atoms with E-state index < -0.39 is 11.9 Å². The smallest absolute Gasteiger partial charge is 0.269 e. The average Bonchev–Trinajstić information content (AvgIpc) is 3.73. The van der Waals surface area contributed by atoms with Gasteiger partial charge in [-0.3, -0.25) is 15.0 Å². The average molecular weight is 570 g/mol. The molecular weight excluding hydrogens is 534 g/mol. The number of carbonyl (C=O) groups excluding carboxylic acids is 2. The second kappa shape index (κ2) is 13.7. The van der Waals surface area contributed by atoms with Crippen LogP contribution in [0.15, 0.2) is 65.2 Å². The van der Waals surface area contributed by atoms with Crippen LogP contribution in [0.25, 0.3) is 22.2 Å². The number of rotatable bonds is 13. The van der Waals surface area contributed by atoms with Crippen molar-refractivity contribution in [1.82, 2.24) is 30.6 Å². The lowest BCUT2D eigenvalue weighted by molar-refractivity contribution is -0.115. The number of ether oxygens (including phenoxy) is 1. The zero-order valence-corrected chi connectivity index (χ0v) is 23.6. The Hall–Kier alpha value is -4.80. The number of hydrogen-bond acceptors (Lipinski definition) is 9. The molecule has 1 saturated heterocycles. The molecule has 218 valence electrons. The molecule has 0 bridgehead atoms. The molecule has 1 aromatic carbocycles. The number of para-hydroxylation sites is 1. The van der Waals surface area contributed by atoms with Gasteiger partial charge in [0.1, 0.15) is 17.8 Å². The third-order valence-corrected chi connectivity index (χ3v) is 7.26. The maximum Gasteiger partial charge on any atom is 0.269 e. The predicted molar refractivity (Wildman–Crippen MR) is 158 cm³/mol. The Balaban J connectivity index is 1.30. The number of piperidine rings is 1. The number of allylic oxidation sites excluding steroid dienone is 1. The molecule has 3 aromatic heterocycles. The molecule has 4 aromatic rings. The van der Waals surface area contributed by atoms with Gasteiger partial charge in [0.05, 0.1) is 42.3 Å². The number of nitrogens with zero attached hydrogens (tertiary/aromatic N) is 3. The summed E-state index contributed by atoms with van der Waals surface area (Å²) in [6, 6.07) is 9.33. The molecule has 42 heavy (non-hydrogen) atoms. The molecule has 0 spiro atoms. The second-order valence-electron chi connectivity index (χ2n) is 10.3. The number of carbonyl (C=O) groups is 2. The van der Waals surface area contributed by atoms with E-state index >= 15 is 0 Å². The summed E-state index contributed by atoms with van der Waals surface area (Å²) in [5.74, 6) is 0.564. The van der Waals surface area contributed by atoms with Gasteiger partial charge in [0.25, 0.3) is 11.8 Å². The number of aromatic amines is 1. The molecule has 1 fully saturated rings. The number of amides is 1. The first kappa shape index (κ1) is 28.7. The van der Waals surface area contributed by atoms with Gasteiger partial charge in [-0.2, -0.15) is 0 Å². The van der Waals surface area contributed by atoms with Crippen LogP contribution in [-0.2, 0) is 4.79 Å². The van der Waals surface area contributed by atoms with E-state index in [0.29, 0.717) is 36.7 Å². The van der Waals surface area contributed by atoms with Crippen LogP contribution in [0, 0.1) is 5.41 Å². The third kappa shape index (κ3) is 7.09. The summed E-state index contributed by atoms with van der Waals surface area (Å²) >= 11 is 0. The van der Waals surface area contributed by atoms with E-state index in [4.69, 9.17) is 14.6 Å². The van der Waals surface area contributed by atoms with E-state index in [0.717, 1.165) is 60.8 Å². The number of nitrogens with one attached hydrogen (secondary N) is 4. The Morgan fingerprint density at radius 1 is 1.19 bits per heavy atom. The number of methoxy groups -OCH3 is 1. The highest BCUT2D eigenvalue weighted by molar-refractivity contribution is 6.42.